The second-order valence-electron chi connectivity index (χ2n) is 5.84. The molecule has 1 heterocycles. The third-order valence-electron chi connectivity index (χ3n) is 3.52. The van der Waals surface area contributed by atoms with Crippen LogP contribution in [0.25, 0.3) is 0 Å². The van der Waals surface area contributed by atoms with Crippen molar-refractivity contribution < 1.29 is 17.8 Å². The summed E-state index contributed by atoms with van der Waals surface area (Å²) in [4.78, 5) is 13.7. The maximum absolute atomic E-state index is 12.8. The molecule has 1 aromatic heterocycles. The number of sulfone groups is 1. The van der Waals surface area contributed by atoms with Crippen LogP contribution in [0.2, 0.25) is 5.02 Å². The molecule has 0 bridgehead atoms. The molecule has 1 atom stereocenters. The molecule has 0 aliphatic rings. The van der Waals surface area contributed by atoms with Crippen LogP contribution >= 0.6 is 11.6 Å². The van der Waals surface area contributed by atoms with Gasteiger partial charge in [0.25, 0.3) is 11.9 Å². The Morgan fingerprint density at radius 2 is 2.00 bits per heavy atom. The molecule has 0 spiro atoms. The van der Waals surface area contributed by atoms with Crippen LogP contribution in [0.4, 0.5) is 5.95 Å². The highest BCUT2D eigenvalue weighted by Crippen LogP contribution is 2.35. The van der Waals surface area contributed by atoms with E-state index in [0.717, 1.165) is 6.26 Å². The SMILES string of the molecule is CC(C)[S+]([O-])c1c(S(C)(=O)=O)ccc(C(=O)N(C)c2nnnn2C)c1Cl. The molecule has 12 heteroatoms. The molecular formula is C14H18ClN5O4S2. The van der Waals surface area contributed by atoms with Crippen LogP contribution in [0.1, 0.15) is 24.2 Å². The Bertz CT molecular complexity index is 945. The number of halogens is 1. The van der Waals surface area contributed by atoms with Crippen molar-refractivity contribution in [2.45, 2.75) is 28.9 Å². The summed E-state index contributed by atoms with van der Waals surface area (Å²) in [6, 6.07) is 2.54. The number of amides is 1. The van der Waals surface area contributed by atoms with E-state index in [1.807, 2.05) is 0 Å². The molecule has 2 aromatic rings. The molecule has 0 saturated heterocycles. The molecule has 0 N–H and O–H groups in total. The summed E-state index contributed by atoms with van der Waals surface area (Å²) in [6.45, 7) is 3.34. The number of carbonyl (C=O) groups excluding carboxylic acids is 1. The highest BCUT2D eigenvalue weighted by atomic mass is 35.5. The number of tetrazole rings is 1. The van der Waals surface area contributed by atoms with Crippen LogP contribution in [0.5, 0.6) is 0 Å². The zero-order chi connectivity index (χ0) is 19.8. The van der Waals surface area contributed by atoms with Gasteiger partial charge in [0.2, 0.25) is 0 Å². The molecule has 0 aliphatic carbocycles. The zero-order valence-electron chi connectivity index (χ0n) is 14.8. The minimum Gasteiger partial charge on any atom is -0.611 e. The predicted molar refractivity (Wildman–Crippen MR) is 97.6 cm³/mol. The average molecular weight is 420 g/mol. The zero-order valence-corrected chi connectivity index (χ0v) is 17.2. The van der Waals surface area contributed by atoms with Crippen molar-refractivity contribution in [3.05, 3.63) is 22.7 Å². The molecule has 9 nitrogen and oxygen atoms in total. The number of benzene rings is 1. The molecule has 26 heavy (non-hydrogen) atoms. The average Bonchev–Trinajstić information content (AvgIpc) is 2.97. The summed E-state index contributed by atoms with van der Waals surface area (Å²) in [6.07, 6.45) is 0.999. The second kappa shape index (κ2) is 7.51. The molecule has 1 aromatic carbocycles. The Morgan fingerprint density at radius 3 is 2.46 bits per heavy atom. The Morgan fingerprint density at radius 1 is 1.38 bits per heavy atom. The lowest BCUT2D eigenvalue weighted by Gasteiger charge is -2.21. The maximum Gasteiger partial charge on any atom is 0.262 e. The van der Waals surface area contributed by atoms with E-state index in [4.69, 9.17) is 11.6 Å². The smallest absolute Gasteiger partial charge is 0.262 e. The van der Waals surface area contributed by atoms with Crippen LogP contribution in [-0.4, -0.2) is 57.6 Å². The summed E-state index contributed by atoms with van der Waals surface area (Å²) < 4.78 is 38.1. The molecule has 1 unspecified atom stereocenters. The van der Waals surface area contributed by atoms with Gasteiger partial charge in [-0.25, -0.2) is 13.1 Å². The minimum atomic E-state index is -3.69. The Labute approximate surface area is 159 Å². The largest absolute Gasteiger partial charge is 0.611 e. The van der Waals surface area contributed by atoms with Crippen LogP contribution in [0.3, 0.4) is 0 Å². The lowest BCUT2D eigenvalue weighted by molar-refractivity contribution is 0.0990. The van der Waals surface area contributed by atoms with Crippen molar-refractivity contribution in [3.8, 4) is 0 Å². The Hall–Kier alpha value is -1.69. The summed E-state index contributed by atoms with van der Waals surface area (Å²) in [5, 5.41) is 10.3. The summed E-state index contributed by atoms with van der Waals surface area (Å²) in [7, 11) is -0.671. The lowest BCUT2D eigenvalue weighted by Crippen LogP contribution is -2.30. The summed E-state index contributed by atoms with van der Waals surface area (Å²) in [5.41, 5.74) is 0.00793. The first-order chi connectivity index (χ1) is 12.0. The number of aromatic nitrogens is 4. The highest BCUT2D eigenvalue weighted by molar-refractivity contribution is 7.94. The van der Waals surface area contributed by atoms with Gasteiger partial charge in [0, 0.05) is 20.4 Å². The molecule has 0 radical (unpaired) electrons. The van der Waals surface area contributed by atoms with Crippen LogP contribution in [0.15, 0.2) is 21.9 Å². The number of carbonyl (C=O) groups is 1. The molecule has 0 aliphatic heterocycles. The third-order valence-corrected chi connectivity index (χ3v) is 6.98. The topological polar surface area (TPSA) is 121 Å². The van der Waals surface area contributed by atoms with Crippen molar-refractivity contribution >= 4 is 44.5 Å². The van der Waals surface area contributed by atoms with Gasteiger partial charge in [-0.05, 0) is 47.6 Å². The van der Waals surface area contributed by atoms with Gasteiger partial charge in [-0.15, -0.1) is 0 Å². The van der Waals surface area contributed by atoms with Crippen LogP contribution < -0.4 is 4.90 Å². The van der Waals surface area contributed by atoms with Gasteiger partial charge in [0.05, 0.1) is 5.56 Å². The Balaban J connectivity index is 2.63. The van der Waals surface area contributed by atoms with E-state index in [2.05, 4.69) is 15.5 Å². The fraction of sp³-hybridized carbons (Fsp3) is 0.429. The molecular weight excluding hydrogens is 402 g/mol. The second-order valence-corrected chi connectivity index (χ2v) is 10.1. The number of hydrogen-bond donors (Lipinski definition) is 0. The van der Waals surface area contributed by atoms with Crippen LogP contribution in [-0.2, 0) is 28.1 Å². The van der Waals surface area contributed by atoms with E-state index in [-0.39, 0.29) is 31.6 Å². The predicted octanol–water partition coefficient (Wildman–Crippen LogP) is 1.06. The standard InChI is InChI=1S/C14H18ClN5O4S2/c1-8(2)25(22)12-10(26(5,23)24)7-6-9(11(12)15)13(21)19(3)14-16-17-18-20(14)4/h6-8H,1-5H3. The van der Waals surface area contributed by atoms with Gasteiger partial charge < -0.3 is 4.55 Å². The van der Waals surface area contributed by atoms with Crippen molar-refractivity contribution in [2.75, 3.05) is 18.2 Å². The summed E-state index contributed by atoms with van der Waals surface area (Å²) >= 11 is 4.62. The van der Waals surface area contributed by atoms with Gasteiger partial charge in [0.15, 0.2) is 14.7 Å². The van der Waals surface area contributed by atoms with E-state index in [9.17, 15) is 17.8 Å². The fourth-order valence-corrected chi connectivity index (χ4v) is 5.21. The number of hydrogen-bond acceptors (Lipinski definition) is 7. The van der Waals surface area contributed by atoms with Gasteiger partial charge >= 0.3 is 0 Å². The van der Waals surface area contributed by atoms with E-state index in [0.29, 0.717) is 0 Å². The van der Waals surface area contributed by atoms with E-state index < -0.39 is 26.9 Å². The van der Waals surface area contributed by atoms with Crippen molar-refractivity contribution in [3.63, 3.8) is 0 Å². The molecule has 142 valence electrons. The monoisotopic (exact) mass is 419 g/mol. The number of aryl methyl sites for hydroxylation is 1. The minimum absolute atomic E-state index is 0.00793. The van der Waals surface area contributed by atoms with Gasteiger partial charge in [-0.1, -0.05) is 16.7 Å². The first kappa shape index (κ1) is 20.6. The quantitative estimate of drug-likeness (QED) is 0.664. The van der Waals surface area contributed by atoms with E-state index in [1.54, 1.807) is 20.9 Å². The Kier molecular flexibility index (Phi) is 5.95. The molecule has 0 fully saturated rings. The fourth-order valence-electron chi connectivity index (χ4n) is 2.20. The number of anilines is 1. The van der Waals surface area contributed by atoms with Crippen molar-refractivity contribution in [2.24, 2.45) is 7.05 Å². The first-order valence-corrected chi connectivity index (χ1v) is 10.9. The summed E-state index contributed by atoms with van der Waals surface area (Å²) in [5.74, 6) is -0.389. The van der Waals surface area contributed by atoms with Gasteiger partial charge in [-0.3, -0.25) is 9.69 Å². The molecule has 0 saturated carbocycles. The van der Waals surface area contributed by atoms with Gasteiger partial charge in [-0.2, -0.15) is 0 Å². The highest BCUT2D eigenvalue weighted by Gasteiger charge is 2.32. The third kappa shape index (κ3) is 3.85. The molecule has 2 rings (SSSR count). The van der Waals surface area contributed by atoms with Crippen molar-refractivity contribution in [1.82, 2.24) is 20.2 Å². The normalized spacial score (nSPS) is 13.1. The number of nitrogens with zero attached hydrogens (tertiary/aromatic N) is 5. The van der Waals surface area contributed by atoms with Gasteiger partial charge in [0.1, 0.15) is 15.2 Å². The first-order valence-electron chi connectivity index (χ1n) is 7.40. The van der Waals surface area contributed by atoms with E-state index in [1.165, 1.54) is 28.8 Å². The number of rotatable bonds is 5. The van der Waals surface area contributed by atoms with E-state index >= 15 is 0 Å². The maximum atomic E-state index is 12.8. The molecule has 1 amide bonds. The van der Waals surface area contributed by atoms with Crippen molar-refractivity contribution in [1.29, 1.82) is 0 Å². The van der Waals surface area contributed by atoms with Crippen LogP contribution in [0, 0.1) is 0 Å². The lowest BCUT2D eigenvalue weighted by atomic mass is 10.2.